The van der Waals surface area contributed by atoms with Gasteiger partial charge in [0.2, 0.25) is 5.60 Å². The normalized spacial score (nSPS) is 14.5. The van der Waals surface area contributed by atoms with Crippen molar-refractivity contribution in [1.29, 1.82) is 0 Å². The minimum Gasteiger partial charge on any atom is -0.467 e. The fraction of sp³-hybridized carbons (Fsp3) is 0.188. The van der Waals surface area contributed by atoms with Crippen LogP contribution in [0.5, 0.6) is 0 Å². The van der Waals surface area contributed by atoms with Crippen LogP contribution in [0.4, 0.5) is 5.69 Å². The average Bonchev–Trinajstić information content (AvgIpc) is 2.59. The number of carbonyl (C=O) groups excluding carboxylic acids is 1. The molecule has 0 spiro atoms. The molecule has 0 bridgehead atoms. The predicted molar refractivity (Wildman–Crippen MR) is 85.4 cm³/mol. The number of halogens is 1. The lowest BCUT2D eigenvalue weighted by Crippen LogP contribution is -2.42. The van der Waals surface area contributed by atoms with E-state index in [1.807, 2.05) is 0 Å². The first-order valence-electron chi connectivity index (χ1n) is 6.80. The van der Waals surface area contributed by atoms with Crippen molar-refractivity contribution in [2.24, 2.45) is 0 Å². The molecule has 2 aromatic rings. The van der Waals surface area contributed by atoms with E-state index in [0.29, 0.717) is 0 Å². The number of methoxy groups -OCH3 is 1. The Labute approximate surface area is 142 Å². The number of nitro groups is 1. The smallest absolute Gasteiger partial charge is 0.345 e. The number of benzene rings is 2. The predicted octanol–water partition coefficient (Wildman–Crippen LogP) is 2.34. The van der Waals surface area contributed by atoms with Gasteiger partial charge in [-0.05, 0) is 35.4 Å². The van der Waals surface area contributed by atoms with E-state index in [4.69, 9.17) is 11.6 Å². The van der Waals surface area contributed by atoms with Gasteiger partial charge in [0, 0.05) is 17.2 Å². The second-order valence-corrected chi connectivity index (χ2v) is 5.46. The Morgan fingerprint density at radius 2 is 1.92 bits per heavy atom. The van der Waals surface area contributed by atoms with E-state index in [9.17, 15) is 25.1 Å². The Hall–Kier alpha value is -2.48. The van der Waals surface area contributed by atoms with Crippen LogP contribution < -0.4 is 0 Å². The number of carbonyl (C=O) groups is 1. The monoisotopic (exact) mass is 351 g/mol. The van der Waals surface area contributed by atoms with Crippen LogP contribution in [0.1, 0.15) is 17.2 Å². The first-order chi connectivity index (χ1) is 11.3. The Morgan fingerprint density at radius 1 is 1.29 bits per heavy atom. The van der Waals surface area contributed by atoms with Crippen LogP contribution in [0.3, 0.4) is 0 Å². The summed E-state index contributed by atoms with van der Waals surface area (Å²) in [7, 11) is 1.07. The molecule has 2 aromatic carbocycles. The number of hydrogen-bond donors (Lipinski definition) is 2. The Morgan fingerprint density at radius 3 is 2.42 bits per heavy atom. The molecule has 2 N–H and O–H groups in total. The maximum Gasteiger partial charge on any atom is 0.345 e. The number of hydrogen-bond acceptors (Lipinski definition) is 6. The maximum absolute atomic E-state index is 12.2. The van der Waals surface area contributed by atoms with Crippen molar-refractivity contribution >= 4 is 23.3 Å². The molecule has 0 saturated carbocycles. The van der Waals surface area contributed by atoms with Crippen molar-refractivity contribution in [3.05, 3.63) is 74.8 Å². The van der Waals surface area contributed by atoms with Crippen molar-refractivity contribution in [2.45, 2.75) is 11.7 Å². The Kier molecular flexibility index (Phi) is 5.18. The summed E-state index contributed by atoms with van der Waals surface area (Å²) < 4.78 is 4.61. The molecule has 2 unspecified atom stereocenters. The van der Waals surface area contributed by atoms with E-state index >= 15 is 0 Å². The van der Waals surface area contributed by atoms with Crippen molar-refractivity contribution in [2.75, 3.05) is 7.11 Å². The van der Waals surface area contributed by atoms with Gasteiger partial charge in [-0.25, -0.2) is 4.79 Å². The Balaban J connectivity index is 2.51. The quantitative estimate of drug-likeness (QED) is 0.486. The molecule has 0 aliphatic heterocycles. The largest absolute Gasteiger partial charge is 0.467 e. The number of non-ortho nitro benzene ring substituents is 1. The maximum atomic E-state index is 12.2. The highest BCUT2D eigenvalue weighted by atomic mass is 35.5. The topological polar surface area (TPSA) is 110 Å². The summed E-state index contributed by atoms with van der Waals surface area (Å²) in [6.07, 6.45) is -1.72. The van der Waals surface area contributed by atoms with Gasteiger partial charge in [-0.2, -0.15) is 0 Å². The molecule has 2 rings (SSSR count). The van der Waals surface area contributed by atoms with Gasteiger partial charge in [0.1, 0.15) is 6.10 Å². The second kappa shape index (κ2) is 6.96. The molecule has 0 heterocycles. The van der Waals surface area contributed by atoms with E-state index in [0.717, 1.165) is 19.2 Å². The Bertz CT molecular complexity index is 763. The van der Waals surface area contributed by atoms with E-state index < -0.39 is 22.6 Å². The van der Waals surface area contributed by atoms with Crippen LogP contribution >= 0.6 is 11.6 Å². The standard InChI is InChI=1S/C16H14ClNO6/c1-24-15(20)16(21,11-3-2-4-12(17)9-11)14(19)10-5-7-13(8-6-10)18(22)23/h2-9,14,19,21H,1H3. The molecule has 2 atom stereocenters. The van der Waals surface area contributed by atoms with Crippen LogP contribution in [0.15, 0.2) is 48.5 Å². The zero-order valence-corrected chi connectivity index (χ0v) is 13.3. The van der Waals surface area contributed by atoms with Gasteiger partial charge in [-0.1, -0.05) is 23.7 Å². The van der Waals surface area contributed by atoms with Gasteiger partial charge in [0.15, 0.2) is 0 Å². The number of aliphatic hydroxyl groups excluding tert-OH is 1. The van der Waals surface area contributed by atoms with Crippen molar-refractivity contribution < 1.29 is 24.7 Å². The number of nitro benzene ring substituents is 1. The lowest BCUT2D eigenvalue weighted by atomic mass is 9.84. The van der Waals surface area contributed by atoms with Crippen molar-refractivity contribution in [1.82, 2.24) is 0 Å². The summed E-state index contributed by atoms with van der Waals surface area (Å²) in [5.41, 5.74) is -2.47. The van der Waals surface area contributed by atoms with Gasteiger partial charge in [0.25, 0.3) is 5.69 Å². The van der Waals surface area contributed by atoms with E-state index in [2.05, 4.69) is 4.74 Å². The summed E-state index contributed by atoms with van der Waals surface area (Å²) >= 11 is 5.89. The first-order valence-corrected chi connectivity index (χ1v) is 7.17. The van der Waals surface area contributed by atoms with Gasteiger partial charge in [0.05, 0.1) is 12.0 Å². The highest BCUT2D eigenvalue weighted by Crippen LogP contribution is 2.37. The van der Waals surface area contributed by atoms with E-state index in [-0.39, 0.29) is 21.8 Å². The van der Waals surface area contributed by atoms with E-state index in [1.54, 1.807) is 6.07 Å². The summed E-state index contributed by atoms with van der Waals surface area (Å²) in [6.45, 7) is 0. The third-order valence-corrected chi connectivity index (χ3v) is 3.81. The van der Waals surface area contributed by atoms with Gasteiger partial charge < -0.3 is 14.9 Å². The van der Waals surface area contributed by atoms with Crippen molar-refractivity contribution in [3.8, 4) is 0 Å². The molecule has 0 aliphatic carbocycles. The zero-order valence-electron chi connectivity index (χ0n) is 12.5. The van der Waals surface area contributed by atoms with Gasteiger partial charge in [-0.15, -0.1) is 0 Å². The molecule has 0 aliphatic rings. The first kappa shape index (κ1) is 17.9. The number of esters is 1. The molecular weight excluding hydrogens is 338 g/mol. The third kappa shape index (κ3) is 3.23. The highest BCUT2D eigenvalue weighted by molar-refractivity contribution is 6.30. The average molecular weight is 352 g/mol. The SMILES string of the molecule is COC(=O)C(O)(c1cccc(Cl)c1)C(O)c1ccc([N+](=O)[O-])cc1. The summed E-state index contributed by atoms with van der Waals surface area (Å²) in [5, 5.41) is 32.4. The number of nitrogens with zero attached hydrogens (tertiary/aromatic N) is 1. The number of rotatable bonds is 5. The minimum absolute atomic E-state index is 0.0349. The van der Waals surface area contributed by atoms with Crippen LogP contribution in [0.2, 0.25) is 5.02 Å². The number of ether oxygens (including phenoxy) is 1. The fourth-order valence-corrected chi connectivity index (χ4v) is 2.48. The summed E-state index contributed by atoms with van der Waals surface area (Å²) in [5.74, 6) is -1.09. The molecule has 24 heavy (non-hydrogen) atoms. The van der Waals surface area contributed by atoms with Crippen LogP contribution in [0, 0.1) is 10.1 Å². The van der Waals surface area contributed by atoms with E-state index in [1.165, 1.54) is 30.3 Å². The molecular formula is C16H14ClNO6. The summed E-state index contributed by atoms with van der Waals surface area (Å²) in [6, 6.07) is 10.6. The van der Waals surface area contributed by atoms with Crippen molar-refractivity contribution in [3.63, 3.8) is 0 Å². The minimum atomic E-state index is -2.42. The second-order valence-electron chi connectivity index (χ2n) is 5.02. The zero-order chi connectivity index (χ0) is 17.9. The molecule has 0 aromatic heterocycles. The molecule has 7 nitrogen and oxygen atoms in total. The fourth-order valence-electron chi connectivity index (χ4n) is 2.29. The highest BCUT2D eigenvalue weighted by Gasteiger charge is 2.47. The molecule has 0 amide bonds. The molecule has 0 radical (unpaired) electrons. The third-order valence-electron chi connectivity index (χ3n) is 3.58. The molecule has 126 valence electrons. The van der Waals surface area contributed by atoms with Crippen LogP contribution in [-0.2, 0) is 15.1 Å². The number of aliphatic hydroxyl groups is 2. The molecule has 8 heteroatoms. The molecule has 0 fully saturated rings. The lowest BCUT2D eigenvalue weighted by Gasteiger charge is -2.31. The van der Waals surface area contributed by atoms with Crippen LogP contribution in [-0.4, -0.2) is 28.2 Å². The van der Waals surface area contributed by atoms with Crippen LogP contribution in [0.25, 0.3) is 0 Å². The van der Waals surface area contributed by atoms with Gasteiger partial charge >= 0.3 is 5.97 Å². The lowest BCUT2D eigenvalue weighted by molar-refractivity contribution is -0.384. The van der Waals surface area contributed by atoms with Gasteiger partial charge in [-0.3, -0.25) is 10.1 Å². The summed E-state index contributed by atoms with van der Waals surface area (Å²) in [4.78, 5) is 22.3. The molecule has 0 saturated heterocycles.